The highest BCUT2D eigenvalue weighted by atomic mass is 32.1. The molecule has 0 fully saturated rings. The number of amides is 1. The van der Waals surface area contributed by atoms with E-state index in [2.05, 4.69) is 10.3 Å². The van der Waals surface area contributed by atoms with Crippen LogP contribution in [0.5, 0.6) is 0 Å². The molecule has 0 radical (unpaired) electrons. The van der Waals surface area contributed by atoms with Gasteiger partial charge in [-0.05, 0) is 53.9 Å². The molecular formula is C22H14N2O2S. The fraction of sp³-hybridized carbons (Fsp3) is 0. The van der Waals surface area contributed by atoms with E-state index < -0.39 is 0 Å². The largest absolute Gasteiger partial charge is 0.436 e. The van der Waals surface area contributed by atoms with Crippen LogP contribution in [-0.2, 0) is 0 Å². The van der Waals surface area contributed by atoms with Crippen LogP contribution in [0.3, 0.4) is 0 Å². The Hall–Kier alpha value is -3.44. The molecule has 0 unspecified atom stereocenters. The second-order valence-corrected chi connectivity index (χ2v) is 7.25. The van der Waals surface area contributed by atoms with Gasteiger partial charge < -0.3 is 9.73 Å². The second-order valence-electron chi connectivity index (χ2n) is 6.17. The van der Waals surface area contributed by atoms with E-state index in [1.165, 1.54) is 11.3 Å². The van der Waals surface area contributed by atoms with Crippen molar-refractivity contribution in [2.75, 3.05) is 5.32 Å². The molecule has 3 aromatic carbocycles. The van der Waals surface area contributed by atoms with Crippen LogP contribution in [0.25, 0.3) is 32.6 Å². The lowest BCUT2D eigenvalue weighted by molar-refractivity contribution is 0.103. The molecule has 4 nitrogen and oxygen atoms in total. The summed E-state index contributed by atoms with van der Waals surface area (Å²) >= 11 is 1.49. The van der Waals surface area contributed by atoms with Crippen LogP contribution in [0.4, 0.5) is 5.69 Å². The minimum absolute atomic E-state index is 0.106. The molecule has 0 spiro atoms. The molecule has 1 amide bonds. The third kappa shape index (κ3) is 2.98. The summed E-state index contributed by atoms with van der Waals surface area (Å²) in [4.78, 5) is 17.7. The van der Waals surface area contributed by atoms with Crippen LogP contribution in [-0.4, -0.2) is 10.9 Å². The topological polar surface area (TPSA) is 55.1 Å². The molecule has 2 heterocycles. The van der Waals surface area contributed by atoms with Gasteiger partial charge >= 0.3 is 0 Å². The van der Waals surface area contributed by atoms with Gasteiger partial charge in [0.1, 0.15) is 5.52 Å². The summed E-state index contributed by atoms with van der Waals surface area (Å²) in [6, 6.07) is 25.1. The highest BCUT2D eigenvalue weighted by molar-refractivity contribution is 7.20. The number of aromatic nitrogens is 1. The predicted octanol–water partition coefficient (Wildman–Crippen LogP) is 5.96. The van der Waals surface area contributed by atoms with Crippen LogP contribution < -0.4 is 5.32 Å². The number of benzene rings is 3. The van der Waals surface area contributed by atoms with Crippen molar-refractivity contribution < 1.29 is 9.21 Å². The van der Waals surface area contributed by atoms with Crippen molar-refractivity contribution in [1.82, 2.24) is 4.98 Å². The number of fused-ring (bicyclic) bond motifs is 2. The molecule has 5 rings (SSSR count). The monoisotopic (exact) mass is 370 g/mol. The van der Waals surface area contributed by atoms with E-state index in [0.29, 0.717) is 10.8 Å². The zero-order valence-corrected chi connectivity index (χ0v) is 15.0. The first kappa shape index (κ1) is 15.8. The maximum absolute atomic E-state index is 12.5. The Labute approximate surface area is 159 Å². The lowest BCUT2D eigenvalue weighted by Crippen LogP contribution is -2.09. The summed E-state index contributed by atoms with van der Waals surface area (Å²) in [5.74, 6) is 0.462. The zero-order chi connectivity index (χ0) is 18.2. The van der Waals surface area contributed by atoms with Crippen molar-refractivity contribution in [2.24, 2.45) is 0 Å². The molecule has 0 aliphatic carbocycles. The summed E-state index contributed by atoms with van der Waals surface area (Å²) in [6.07, 6.45) is 0. The van der Waals surface area contributed by atoms with Crippen molar-refractivity contribution in [2.45, 2.75) is 0 Å². The second kappa shape index (κ2) is 6.37. The normalized spacial score (nSPS) is 11.1. The third-order valence-electron chi connectivity index (χ3n) is 4.33. The molecule has 130 valence electrons. The molecule has 0 aliphatic rings. The Bertz CT molecular complexity index is 1200. The minimum Gasteiger partial charge on any atom is -0.436 e. The highest BCUT2D eigenvalue weighted by Gasteiger charge is 2.11. The van der Waals surface area contributed by atoms with E-state index in [4.69, 9.17) is 4.42 Å². The van der Waals surface area contributed by atoms with Gasteiger partial charge in [-0.3, -0.25) is 4.79 Å². The standard InChI is InChI=1S/C22H14N2O2S/c25-21(20-13-15-5-1-4-8-19(15)27-20)23-16-11-9-14(10-12-16)22-24-17-6-2-3-7-18(17)26-22/h1-13H,(H,23,25). The average molecular weight is 370 g/mol. The van der Waals surface area contributed by atoms with Crippen LogP contribution in [0.2, 0.25) is 0 Å². The number of hydrogen-bond donors (Lipinski definition) is 1. The van der Waals surface area contributed by atoms with Crippen molar-refractivity contribution in [3.05, 3.63) is 83.7 Å². The lowest BCUT2D eigenvalue weighted by Gasteiger charge is -2.04. The number of para-hydroxylation sites is 2. The van der Waals surface area contributed by atoms with Gasteiger partial charge in [-0.2, -0.15) is 0 Å². The van der Waals surface area contributed by atoms with E-state index in [1.807, 2.05) is 78.9 Å². The lowest BCUT2D eigenvalue weighted by atomic mass is 10.2. The van der Waals surface area contributed by atoms with Crippen LogP contribution >= 0.6 is 11.3 Å². The van der Waals surface area contributed by atoms with Crippen molar-refractivity contribution in [3.8, 4) is 11.5 Å². The van der Waals surface area contributed by atoms with Crippen molar-refractivity contribution in [1.29, 1.82) is 0 Å². The maximum Gasteiger partial charge on any atom is 0.265 e. The Morgan fingerprint density at radius 1 is 0.926 bits per heavy atom. The van der Waals surface area contributed by atoms with Crippen LogP contribution in [0.15, 0.2) is 83.3 Å². The first-order chi connectivity index (χ1) is 13.3. The highest BCUT2D eigenvalue weighted by Crippen LogP contribution is 2.27. The number of anilines is 1. The van der Waals surface area contributed by atoms with E-state index in [-0.39, 0.29) is 5.91 Å². The maximum atomic E-state index is 12.5. The van der Waals surface area contributed by atoms with E-state index in [0.717, 1.165) is 32.4 Å². The van der Waals surface area contributed by atoms with Gasteiger partial charge in [0.25, 0.3) is 5.91 Å². The third-order valence-corrected chi connectivity index (χ3v) is 5.45. The molecule has 2 aromatic heterocycles. The number of nitrogens with zero attached hydrogens (tertiary/aromatic N) is 1. The first-order valence-corrected chi connectivity index (χ1v) is 9.34. The summed E-state index contributed by atoms with van der Waals surface area (Å²) < 4.78 is 6.89. The molecule has 5 aromatic rings. The van der Waals surface area contributed by atoms with Gasteiger partial charge in [0.15, 0.2) is 5.58 Å². The number of hydrogen-bond acceptors (Lipinski definition) is 4. The summed E-state index contributed by atoms with van der Waals surface area (Å²) in [5.41, 5.74) is 3.19. The van der Waals surface area contributed by atoms with E-state index >= 15 is 0 Å². The molecule has 0 saturated heterocycles. The van der Waals surface area contributed by atoms with Crippen LogP contribution in [0.1, 0.15) is 9.67 Å². The fourth-order valence-electron chi connectivity index (χ4n) is 2.98. The Balaban J connectivity index is 1.37. The predicted molar refractivity (Wildman–Crippen MR) is 109 cm³/mol. The quantitative estimate of drug-likeness (QED) is 0.426. The molecular weight excluding hydrogens is 356 g/mol. The summed E-state index contributed by atoms with van der Waals surface area (Å²) in [5, 5.41) is 4.03. The Morgan fingerprint density at radius 2 is 1.70 bits per heavy atom. The molecule has 27 heavy (non-hydrogen) atoms. The summed E-state index contributed by atoms with van der Waals surface area (Å²) in [6.45, 7) is 0. The smallest absolute Gasteiger partial charge is 0.265 e. The molecule has 0 aliphatic heterocycles. The first-order valence-electron chi connectivity index (χ1n) is 8.52. The Morgan fingerprint density at radius 3 is 2.52 bits per heavy atom. The SMILES string of the molecule is O=C(Nc1ccc(-c2nc3ccccc3o2)cc1)c1cc2ccccc2s1. The average Bonchev–Trinajstić information content (AvgIpc) is 3.32. The van der Waals surface area contributed by atoms with Gasteiger partial charge in [0.2, 0.25) is 5.89 Å². The minimum atomic E-state index is -0.106. The summed E-state index contributed by atoms with van der Waals surface area (Å²) in [7, 11) is 0. The van der Waals surface area contributed by atoms with Gasteiger partial charge in [0.05, 0.1) is 4.88 Å². The molecule has 5 heteroatoms. The Kier molecular flexibility index (Phi) is 3.73. The van der Waals surface area contributed by atoms with Gasteiger partial charge in [-0.1, -0.05) is 30.3 Å². The molecule has 0 saturated carbocycles. The number of carbonyl (C=O) groups is 1. The van der Waals surface area contributed by atoms with Gasteiger partial charge in [0, 0.05) is 16.0 Å². The van der Waals surface area contributed by atoms with Gasteiger partial charge in [-0.25, -0.2) is 4.98 Å². The molecule has 1 N–H and O–H groups in total. The van der Waals surface area contributed by atoms with E-state index in [9.17, 15) is 4.79 Å². The number of oxazole rings is 1. The van der Waals surface area contributed by atoms with Crippen molar-refractivity contribution in [3.63, 3.8) is 0 Å². The molecule has 0 atom stereocenters. The van der Waals surface area contributed by atoms with Crippen molar-refractivity contribution >= 4 is 44.1 Å². The van der Waals surface area contributed by atoms with Gasteiger partial charge in [-0.15, -0.1) is 11.3 Å². The number of nitrogens with one attached hydrogen (secondary N) is 1. The fourth-order valence-corrected chi connectivity index (χ4v) is 3.94. The zero-order valence-electron chi connectivity index (χ0n) is 14.2. The number of rotatable bonds is 3. The van der Waals surface area contributed by atoms with Crippen LogP contribution in [0, 0.1) is 0 Å². The number of carbonyl (C=O) groups excluding carboxylic acids is 1. The van der Waals surface area contributed by atoms with E-state index in [1.54, 1.807) is 0 Å². The number of thiophene rings is 1. The molecule has 0 bridgehead atoms.